The third kappa shape index (κ3) is 4.92. The van der Waals surface area contributed by atoms with Crippen molar-refractivity contribution in [2.45, 2.75) is 19.1 Å². The van der Waals surface area contributed by atoms with Gasteiger partial charge in [0.15, 0.2) is 6.10 Å². The van der Waals surface area contributed by atoms with Gasteiger partial charge < -0.3 is 20.8 Å². The minimum atomic E-state index is -1.65. The van der Waals surface area contributed by atoms with Crippen LogP contribution in [0.3, 0.4) is 0 Å². The van der Waals surface area contributed by atoms with E-state index in [9.17, 15) is 14.0 Å². The second kappa shape index (κ2) is 6.69. The number of carbonyl (C=O) groups excluding carboxylic acids is 1. The van der Waals surface area contributed by atoms with Gasteiger partial charge in [-0.15, -0.1) is 0 Å². The number of aliphatic hydroxyl groups excluding tert-OH is 1. The predicted molar refractivity (Wildman–Crippen MR) is 65.0 cm³/mol. The van der Waals surface area contributed by atoms with E-state index in [1.165, 1.54) is 24.3 Å². The Morgan fingerprint density at radius 3 is 2.42 bits per heavy atom. The Labute approximate surface area is 109 Å². The molecule has 1 rings (SSSR count). The van der Waals surface area contributed by atoms with Crippen LogP contribution in [0.2, 0.25) is 0 Å². The van der Waals surface area contributed by atoms with E-state index in [-0.39, 0.29) is 11.9 Å². The third-order valence-electron chi connectivity index (χ3n) is 2.46. The second-order valence-corrected chi connectivity index (χ2v) is 3.98. The number of carboxylic acid groups (broad SMARTS) is 1. The fraction of sp³-hybridized carbons (Fsp3) is 0.333. The molecule has 7 heteroatoms. The number of hydrogen-bond acceptors (Lipinski definition) is 3. The molecule has 1 aromatic carbocycles. The van der Waals surface area contributed by atoms with Gasteiger partial charge in [0, 0.05) is 0 Å². The first kappa shape index (κ1) is 14.9. The number of rotatable bonds is 5. The normalized spacial score (nSPS) is 13.4. The number of hydrogen-bond donors (Lipinski definition) is 4. The summed E-state index contributed by atoms with van der Waals surface area (Å²) in [5, 5.41) is 22.2. The first-order valence-corrected chi connectivity index (χ1v) is 5.61. The number of halogens is 1. The van der Waals surface area contributed by atoms with Gasteiger partial charge in [-0.2, -0.15) is 0 Å². The van der Waals surface area contributed by atoms with Crippen LogP contribution in [0, 0.1) is 5.82 Å². The molecule has 0 radical (unpaired) electrons. The summed E-state index contributed by atoms with van der Waals surface area (Å²) in [4.78, 5) is 21.8. The summed E-state index contributed by atoms with van der Waals surface area (Å²) in [6.07, 6.45) is -1.65. The smallest absolute Gasteiger partial charge is 0.334 e. The average molecular weight is 270 g/mol. The lowest BCUT2D eigenvalue weighted by Crippen LogP contribution is -2.42. The molecule has 0 fully saturated rings. The van der Waals surface area contributed by atoms with Crippen molar-refractivity contribution < 1.29 is 24.2 Å². The van der Waals surface area contributed by atoms with Crippen molar-refractivity contribution in [3.8, 4) is 0 Å². The maximum absolute atomic E-state index is 12.7. The summed E-state index contributed by atoms with van der Waals surface area (Å²) in [5.41, 5.74) is 0.704. The van der Waals surface area contributed by atoms with E-state index in [0.717, 1.165) is 0 Å². The summed E-state index contributed by atoms with van der Waals surface area (Å²) >= 11 is 0. The van der Waals surface area contributed by atoms with Crippen LogP contribution in [0.15, 0.2) is 24.3 Å². The molecule has 0 aliphatic carbocycles. The zero-order valence-corrected chi connectivity index (χ0v) is 10.3. The molecule has 104 valence electrons. The number of carbonyl (C=O) groups is 2. The van der Waals surface area contributed by atoms with Crippen LogP contribution in [0.5, 0.6) is 0 Å². The molecule has 1 aromatic rings. The van der Waals surface area contributed by atoms with Crippen molar-refractivity contribution in [3.63, 3.8) is 0 Å². The maximum atomic E-state index is 12.7. The molecule has 2 amide bonds. The first-order valence-electron chi connectivity index (χ1n) is 5.61. The molecular formula is C12H15FN2O4. The molecule has 0 spiro atoms. The minimum Gasteiger partial charge on any atom is -0.479 e. The van der Waals surface area contributed by atoms with E-state index in [0.29, 0.717) is 5.56 Å². The van der Waals surface area contributed by atoms with Gasteiger partial charge in [-0.3, -0.25) is 0 Å². The third-order valence-corrected chi connectivity index (χ3v) is 2.46. The van der Waals surface area contributed by atoms with Crippen LogP contribution in [0.1, 0.15) is 18.5 Å². The number of carboxylic acids is 1. The van der Waals surface area contributed by atoms with Crippen LogP contribution in [-0.4, -0.2) is 34.9 Å². The van der Waals surface area contributed by atoms with Gasteiger partial charge in [0.1, 0.15) is 5.82 Å². The van der Waals surface area contributed by atoms with E-state index >= 15 is 0 Å². The number of benzene rings is 1. The van der Waals surface area contributed by atoms with E-state index < -0.39 is 24.6 Å². The molecule has 6 nitrogen and oxygen atoms in total. The van der Waals surface area contributed by atoms with E-state index in [2.05, 4.69) is 10.6 Å². The molecule has 0 heterocycles. The van der Waals surface area contributed by atoms with Gasteiger partial charge in [0.25, 0.3) is 0 Å². The van der Waals surface area contributed by atoms with Gasteiger partial charge in [-0.05, 0) is 24.6 Å². The number of amides is 2. The molecule has 0 aromatic heterocycles. The summed E-state index contributed by atoms with van der Waals surface area (Å²) in [7, 11) is 0. The largest absolute Gasteiger partial charge is 0.479 e. The SMILES string of the molecule is CC(NC(=O)NCC(O)C(=O)O)c1ccc(F)cc1. The summed E-state index contributed by atoms with van der Waals surface area (Å²) in [5.74, 6) is -1.78. The highest BCUT2D eigenvalue weighted by atomic mass is 19.1. The lowest BCUT2D eigenvalue weighted by molar-refractivity contribution is -0.146. The van der Waals surface area contributed by atoms with Gasteiger partial charge in [-0.25, -0.2) is 14.0 Å². The quantitative estimate of drug-likeness (QED) is 0.630. The van der Waals surface area contributed by atoms with E-state index in [1.54, 1.807) is 6.92 Å². The molecule has 0 bridgehead atoms. The topological polar surface area (TPSA) is 98.7 Å². The Bertz CT molecular complexity index is 450. The second-order valence-electron chi connectivity index (χ2n) is 3.98. The molecule has 2 unspecified atom stereocenters. The number of aliphatic hydroxyl groups is 1. The van der Waals surface area contributed by atoms with Crippen molar-refractivity contribution in [1.82, 2.24) is 10.6 Å². The fourth-order valence-corrected chi connectivity index (χ4v) is 1.36. The average Bonchev–Trinajstić information content (AvgIpc) is 2.36. The van der Waals surface area contributed by atoms with Crippen molar-refractivity contribution >= 4 is 12.0 Å². The Kier molecular flexibility index (Phi) is 5.25. The Morgan fingerprint density at radius 1 is 1.32 bits per heavy atom. The molecule has 19 heavy (non-hydrogen) atoms. The zero-order chi connectivity index (χ0) is 14.4. The number of urea groups is 1. The van der Waals surface area contributed by atoms with Crippen molar-refractivity contribution in [3.05, 3.63) is 35.6 Å². The standard InChI is InChI=1S/C12H15FN2O4/c1-7(8-2-4-9(13)5-3-8)15-12(19)14-6-10(16)11(17)18/h2-5,7,10,16H,6H2,1H3,(H,17,18)(H2,14,15,19). The molecule has 0 aliphatic rings. The Morgan fingerprint density at radius 2 is 1.89 bits per heavy atom. The summed E-state index contributed by atoms with van der Waals surface area (Å²) in [6, 6.07) is 4.64. The van der Waals surface area contributed by atoms with Gasteiger partial charge >= 0.3 is 12.0 Å². The zero-order valence-electron chi connectivity index (χ0n) is 10.3. The van der Waals surface area contributed by atoms with Gasteiger partial charge in [-0.1, -0.05) is 12.1 Å². The van der Waals surface area contributed by atoms with E-state index in [4.69, 9.17) is 10.2 Å². The van der Waals surface area contributed by atoms with Crippen LogP contribution >= 0.6 is 0 Å². The van der Waals surface area contributed by atoms with Crippen LogP contribution in [0.25, 0.3) is 0 Å². The minimum absolute atomic E-state index is 0.370. The van der Waals surface area contributed by atoms with Crippen LogP contribution in [-0.2, 0) is 4.79 Å². The number of nitrogens with one attached hydrogen (secondary N) is 2. The van der Waals surface area contributed by atoms with Crippen molar-refractivity contribution in [2.75, 3.05) is 6.54 Å². The van der Waals surface area contributed by atoms with E-state index in [1.807, 2.05) is 0 Å². The van der Waals surface area contributed by atoms with Crippen LogP contribution < -0.4 is 10.6 Å². The highest BCUT2D eigenvalue weighted by Gasteiger charge is 2.15. The number of aliphatic carboxylic acids is 1. The fourth-order valence-electron chi connectivity index (χ4n) is 1.36. The molecule has 0 aliphatic heterocycles. The molecule has 4 N–H and O–H groups in total. The van der Waals surface area contributed by atoms with Gasteiger partial charge in [0.2, 0.25) is 0 Å². The molecular weight excluding hydrogens is 255 g/mol. The Hall–Kier alpha value is -2.15. The predicted octanol–water partition coefficient (Wildman–Crippen LogP) is 0.631. The summed E-state index contributed by atoms with van der Waals surface area (Å²) in [6.45, 7) is 1.30. The lowest BCUT2D eigenvalue weighted by Gasteiger charge is -2.15. The van der Waals surface area contributed by atoms with Crippen molar-refractivity contribution in [2.24, 2.45) is 0 Å². The van der Waals surface area contributed by atoms with Crippen molar-refractivity contribution in [1.29, 1.82) is 0 Å². The van der Waals surface area contributed by atoms with Gasteiger partial charge in [0.05, 0.1) is 12.6 Å². The highest BCUT2D eigenvalue weighted by Crippen LogP contribution is 2.12. The Balaban J connectivity index is 2.44. The monoisotopic (exact) mass is 270 g/mol. The molecule has 2 atom stereocenters. The maximum Gasteiger partial charge on any atom is 0.334 e. The molecule has 0 saturated carbocycles. The lowest BCUT2D eigenvalue weighted by atomic mass is 10.1. The first-order chi connectivity index (χ1) is 8.90. The highest BCUT2D eigenvalue weighted by molar-refractivity contribution is 5.76. The van der Waals surface area contributed by atoms with Crippen LogP contribution in [0.4, 0.5) is 9.18 Å². The summed E-state index contributed by atoms with van der Waals surface area (Å²) < 4.78 is 12.7. The molecule has 0 saturated heterocycles.